The smallest absolute Gasteiger partial charge is 0.0558 e. The predicted molar refractivity (Wildman–Crippen MR) is 86.1 cm³/mol. The van der Waals surface area contributed by atoms with E-state index in [-0.39, 0.29) is 0 Å². The molecule has 0 saturated heterocycles. The zero-order chi connectivity index (χ0) is 14.3. The number of aliphatic hydroxyl groups excluding tert-OH is 1. The molecule has 2 nitrogen and oxygen atoms in total. The highest BCUT2D eigenvalue weighted by atomic mass is 16.3. The molecule has 0 radical (unpaired) electrons. The Labute approximate surface area is 130 Å². The molecule has 5 aliphatic rings. The van der Waals surface area contributed by atoms with Crippen molar-refractivity contribution in [1.29, 1.82) is 0 Å². The van der Waals surface area contributed by atoms with Crippen molar-refractivity contribution in [2.75, 3.05) is 19.7 Å². The van der Waals surface area contributed by atoms with Gasteiger partial charge < -0.3 is 5.11 Å². The minimum atomic E-state index is 0.345. The van der Waals surface area contributed by atoms with Crippen molar-refractivity contribution < 1.29 is 5.11 Å². The Hall–Kier alpha value is -0.0800. The molecule has 0 aromatic rings. The second-order valence-corrected chi connectivity index (χ2v) is 8.87. The van der Waals surface area contributed by atoms with Crippen molar-refractivity contribution in [2.24, 2.45) is 23.2 Å². The maximum absolute atomic E-state index is 9.42. The van der Waals surface area contributed by atoms with Crippen LogP contribution in [0.15, 0.2) is 0 Å². The molecular formula is C19H33NO. The molecule has 1 N–H and O–H groups in total. The topological polar surface area (TPSA) is 23.5 Å². The van der Waals surface area contributed by atoms with Crippen LogP contribution in [0.5, 0.6) is 0 Å². The van der Waals surface area contributed by atoms with Crippen molar-refractivity contribution in [2.45, 2.75) is 76.7 Å². The first kappa shape index (κ1) is 14.5. The van der Waals surface area contributed by atoms with E-state index in [1.54, 1.807) is 19.3 Å². The summed E-state index contributed by atoms with van der Waals surface area (Å²) in [5.41, 5.74) is 0.709. The second-order valence-electron chi connectivity index (χ2n) is 8.87. The van der Waals surface area contributed by atoms with Gasteiger partial charge in [0, 0.05) is 12.6 Å². The number of aliphatic hydroxyl groups is 1. The molecule has 5 aliphatic carbocycles. The summed E-state index contributed by atoms with van der Waals surface area (Å²) in [7, 11) is 0. The predicted octanol–water partition coefficient (Wildman–Crippen LogP) is 3.83. The summed E-state index contributed by atoms with van der Waals surface area (Å²) < 4.78 is 0. The molecule has 0 heterocycles. The molecule has 5 rings (SSSR count). The Balaban J connectivity index is 1.38. The van der Waals surface area contributed by atoms with E-state index in [2.05, 4.69) is 4.90 Å². The van der Waals surface area contributed by atoms with Crippen molar-refractivity contribution in [3.63, 3.8) is 0 Å². The molecule has 4 bridgehead atoms. The summed E-state index contributed by atoms with van der Waals surface area (Å²) in [6.07, 6.45) is 16.3. The zero-order valence-corrected chi connectivity index (χ0v) is 13.6. The van der Waals surface area contributed by atoms with Crippen LogP contribution < -0.4 is 0 Å². The normalized spacial score (nSPS) is 42.3. The SMILES string of the molecule is OCCN(CCC12CC3CC(CC(C3)C1)C2)C1CCCC1. The fraction of sp³-hybridized carbons (Fsp3) is 1.00. The Bertz CT molecular complexity index is 325. The highest BCUT2D eigenvalue weighted by Gasteiger charge is 2.50. The van der Waals surface area contributed by atoms with Gasteiger partial charge in [0.05, 0.1) is 6.61 Å². The summed E-state index contributed by atoms with van der Waals surface area (Å²) in [6.45, 7) is 2.52. The van der Waals surface area contributed by atoms with Crippen molar-refractivity contribution in [3.05, 3.63) is 0 Å². The monoisotopic (exact) mass is 291 g/mol. The molecule has 2 heteroatoms. The largest absolute Gasteiger partial charge is 0.395 e. The van der Waals surface area contributed by atoms with Gasteiger partial charge in [-0.05, 0) is 87.5 Å². The lowest BCUT2D eigenvalue weighted by molar-refractivity contribution is -0.0628. The Morgan fingerprint density at radius 1 is 0.857 bits per heavy atom. The van der Waals surface area contributed by atoms with Crippen molar-refractivity contribution in [1.82, 2.24) is 4.90 Å². The van der Waals surface area contributed by atoms with Crippen LogP contribution >= 0.6 is 0 Å². The molecule has 0 aromatic carbocycles. The third-order valence-corrected chi connectivity index (χ3v) is 7.32. The molecule has 5 fully saturated rings. The van der Waals surface area contributed by atoms with Crippen LogP contribution in [0.4, 0.5) is 0 Å². The molecule has 0 aliphatic heterocycles. The molecular weight excluding hydrogens is 258 g/mol. The third-order valence-electron chi connectivity index (χ3n) is 7.32. The van der Waals surface area contributed by atoms with E-state index in [9.17, 15) is 5.11 Å². The van der Waals surface area contributed by atoms with Gasteiger partial charge in [-0.3, -0.25) is 4.90 Å². The van der Waals surface area contributed by atoms with E-state index < -0.39 is 0 Å². The molecule has 0 aromatic heterocycles. The van der Waals surface area contributed by atoms with Gasteiger partial charge in [-0.1, -0.05) is 12.8 Å². The van der Waals surface area contributed by atoms with Crippen LogP contribution in [-0.4, -0.2) is 35.7 Å². The molecule has 0 spiro atoms. The van der Waals surface area contributed by atoms with E-state index >= 15 is 0 Å². The fourth-order valence-electron chi connectivity index (χ4n) is 6.85. The molecule has 0 amide bonds. The quantitative estimate of drug-likeness (QED) is 0.804. The minimum Gasteiger partial charge on any atom is -0.395 e. The van der Waals surface area contributed by atoms with Gasteiger partial charge in [-0.2, -0.15) is 0 Å². The summed E-state index contributed by atoms with van der Waals surface area (Å²) in [4.78, 5) is 2.64. The average molecular weight is 291 g/mol. The highest BCUT2D eigenvalue weighted by molar-refractivity contribution is 5.01. The number of hydrogen-bond acceptors (Lipinski definition) is 2. The lowest BCUT2D eigenvalue weighted by atomic mass is 9.49. The van der Waals surface area contributed by atoms with E-state index in [1.807, 2.05) is 0 Å². The zero-order valence-electron chi connectivity index (χ0n) is 13.6. The highest BCUT2D eigenvalue weighted by Crippen LogP contribution is 2.61. The van der Waals surface area contributed by atoms with Crippen LogP contribution in [0.1, 0.15) is 70.6 Å². The van der Waals surface area contributed by atoms with Gasteiger partial charge in [-0.15, -0.1) is 0 Å². The average Bonchev–Trinajstić information content (AvgIpc) is 2.96. The second kappa shape index (κ2) is 5.85. The Kier molecular flexibility index (Phi) is 4.04. The summed E-state index contributed by atoms with van der Waals surface area (Å²) in [5.74, 6) is 3.23. The Morgan fingerprint density at radius 3 is 1.95 bits per heavy atom. The van der Waals surface area contributed by atoms with Crippen molar-refractivity contribution in [3.8, 4) is 0 Å². The maximum atomic E-state index is 9.42. The number of hydrogen-bond donors (Lipinski definition) is 1. The van der Waals surface area contributed by atoms with Gasteiger partial charge in [0.15, 0.2) is 0 Å². The molecule has 21 heavy (non-hydrogen) atoms. The van der Waals surface area contributed by atoms with Crippen LogP contribution in [0.3, 0.4) is 0 Å². The third kappa shape index (κ3) is 2.91. The lowest BCUT2D eigenvalue weighted by Crippen LogP contribution is -2.48. The van der Waals surface area contributed by atoms with E-state index in [0.29, 0.717) is 12.0 Å². The van der Waals surface area contributed by atoms with Gasteiger partial charge >= 0.3 is 0 Å². The number of rotatable bonds is 6. The van der Waals surface area contributed by atoms with E-state index in [1.165, 1.54) is 57.9 Å². The van der Waals surface area contributed by atoms with Gasteiger partial charge in [-0.25, -0.2) is 0 Å². The maximum Gasteiger partial charge on any atom is 0.0558 e. The molecule has 0 unspecified atom stereocenters. The summed E-state index contributed by atoms with van der Waals surface area (Å²) in [5, 5.41) is 9.42. The van der Waals surface area contributed by atoms with E-state index in [4.69, 9.17) is 0 Å². The lowest BCUT2D eigenvalue weighted by Gasteiger charge is -2.57. The first-order chi connectivity index (χ1) is 10.3. The van der Waals surface area contributed by atoms with Gasteiger partial charge in [0.2, 0.25) is 0 Å². The van der Waals surface area contributed by atoms with Crippen LogP contribution in [-0.2, 0) is 0 Å². The first-order valence-corrected chi connectivity index (χ1v) is 9.61. The van der Waals surface area contributed by atoms with Gasteiger partial charge in [0.25, 0.3) is 0 Å². The Morgan fingerprint density at radius 2 is 1.43 bits per heavy atom. The summed E-state index contributed by atoms with van der Waals surface area (Å²) in [6, 6.07) is 0.783. The molecule has 5 saturated carbocycles. The molecule has 0 atom stereocenters. The standard InChI is InChI=1S/C19H33NO/c21-8-7-20(18-3-1-2-4-18)6-5-19-12-15-9-16(13-19)11-17(10-15)14-19/h15-18,21H,1-14H2. The van der Waals surface area contributed by atoms with Crippen LogP contribution in [0.2, 0.25) is 0 Å². The van der Waals surface area contributed by atoms with Crippen LogP contribution in [0.25, 0.3) is 0 Å². The summed E-state index contributed by atoms with van der Waals surface area (Å²) >= 11 is 0. The van der Waals surface area contributed by atoms with E-state index in [0.717, 1.165) is 30.3 Å². The minimum absolute atomic E-state index is 0.345. The number of nitrogens with zero attached hydrogens (tertiary/aromatic N) is 1. The van der Waals surface area contributed by atoms with Crippen LogP contribution in [0, 0.1) is 23.2 Å². The fourth-order valence-corrected chi connectivity index (χ4v) is 6.85. The first-order valence-electron chi connectivity index (χ1n) is 9.61. The van der Waals surface area contributed by atoms with Crippen molar-refractivity contribution >= 4 is 0 Å². The molecule has 120 valence electrons. The van der Waals surface area contributed by atoms with Gasteiger partial charge in [0.1, 0.15) is 0 Å².